The van der Waals surface area contributed by atoms with Crippen LogP contribution in [0.3, 0.4) is 0 Å². The molecule has 0 spiro atoms. The van der Waals surface area contributed by atoms with Crippen LogP contribution in [0, 0.1) is 0 Å². The summed E-state index contributed by atoms with van der Waals surface area (Å²) in [5.74, 6) is 0. The van der Waals surface area contributed by atoms with E-state index >= 15 is 0 Å². The quantitative estimate of drug-likeness (QED) is 0.463. The van der Waals surface area contributed by atoms with Crippen molar-refractivity contribution >= 4 is 10.1 Å². The van der Waals surface area contributed by atoms with E-state index in [-0.39, 0.29) is 16.8 Å². The molecule has 59 valence electrons. The van der Waals surface area contributed by atoms with Crippen molar-refractivity contribution in [2.24, 2.45) is 0 Å². The zero-order valence-corrected chi connectivity index (χ0v) is 5.50. The Kier molecular flexibility index (Phi) is 3.79. The molecule has 0 fully saturated rings. The van der Waals surface area contributed by atoms with Gasteiger partial charge in [0.15, 0.2) is 0 Å². The Hall–Kier alpha value is 0.206. The van der Waals surface area contributed by atoms with Crippen LogP contribution in [0.2, 0.25) is 0 Å². The van der Waals surface area contributed by atoms with Gasteiger partial charge < -0.3 is 0 Å². The van der Waals surface area contributed by atoms with Crippen molar-refractivity contribution in [1.29, 1.82) is 0 Å². The minimum Gasteiger partial charge on any atom is -0.279 e. The SMILES string of the molecule is O=S(=O)(O)C(F)(F)F.[Co]. The Morgan fingerprint density at radius 1 is 1.22 bits per heavy atom. The minimum absolute atomic E-state index is 0. The largest absolute Gasteiger partial charge is 0.522 e. The summed E-state index contributed by atoms with van der Waals surface area (Å²) in [5, 5.41) is 0. The zero-order valence-electron chi connectivity index (χ0n) is 3.64. The van der Waals surface area contributed by atoms with Gasteiger partial charge in [0.25, 0.3) is 0 Å². The number of rotatable bonds is 0. The van der Waals surface area contributed by atoms with E-state index in [1.807, 2.05) is 0 Å². The fraction of sp³-hybridized carbons (Fsp3) is 1.00. The summed E-state index contributed by atoms with van der Waals surface area (Å²) in [6.07, 6.45) is 0. The van der Waals surface area contributed by atoms with E-state index < -0.39 is 15.6 Å². The monoisotopic (exact) mass is 209 g/mol. The number of hydrogen-bond donors (Lipinski definition) is 1. The predicted molar refractivity (Wildman–Crippen MR) is 17.6 cm³/mol. The van der Waals surface area contributed by atoms with E-state index in [1.165, 1.54) is 0 Å². The first kappa shape index (κ1) is 11.9. The molecule has 0 bridgehead atoms. The molecule has 0 amide bonds. The fourth-order valence-electron chi connectivity index (χ4n) is 0. The Morgan fingerprint density at radius 3 is 1.33 bits per heavy atom. The molecule has 0 unspecified atom stereocenters. The van der Waals surface area contributed by atoms with Crippen molar-refractivity contribution in [3.05, 3.63) is 0 Å². The third kappa shape index (κ3) is 3.73. The first-order valence-corrected chi connectivity index (χ1v) is 2.73. The molecule has 0 aliphatic heterocycles. The maximum atomic E-state index is 10.7. The van der Waals surface area contributed by atoms with Crippen molar-refractivity contribution < 1.29 is 42.9 Å². The van der Waals surface area contributed by atoms with Crippen LogP contribution in [0.1, 0.15) is 0 Å². The van der Waals surface area contributed by atoms with Gasteiger partial charge in [-0.1, -0.05) is 0 Å². The topological polar surface area (TPSA) is 54.4 Å². The average Bonchev–Trinajstić information content (AvgIpc) is 1.25. The van der Waals surface area contributed by atoms with E-state index in [4.69, 9.17) is 13.0 Å². The molecule has 0 aliphatic rings. The molecular formula is CHCoF3O3S. The van der Waals surface area contributed by atoms with Crippen LogP contribution in [0.4, 0.5) is 13.2 Å². The van der Waals surface area contributed by atoms with Crippen LogP contribution in [0.25, 0.3) is 0 Å². The summed E-state index contributed by atoms with van der Waals surface area (Å²) < 4.78 is 57.5. The van der Waals surface area contributed by atoms with Gasteiger partial charge in [0, 0.05) is 16.8 Å². The average molecular weight is 209 g/mol. The first-order valence-electron chi connectivity index (χ1n) is 1.29. The van der Waals surface area contributed by atoms with Crippen molar-refractivity contribution in [2.75, 3.05) is 0 Å². The molecule has 8 heteroatoms. The van der Waals surface area contributed by atoms with Crippen LogP contribution in [0.5, 0.6) is 0 Å². The van der Waals surface area contributed by atoms with E-state index in [1.54, 1.807) is 0 Å². The Bertz CT molecular complexity index is 168. The van der Waals surface area contributed by atoms with Crippen molar-refractivity contribution in [3.8, 4) is 0 Å². The van der Waals surface area contributed by atoms with Crippen molar-refractivity contribution in [1.82, 2.24) is 0 Å². The third-order valence-corrected chi connectivity index (χ3v) is 0.877. The third-order valence-electron chi connectivity index (χ3n) is 0.292. The molecule has 0 saturated carbocycles. The van der Waals surface area contributed by atoms with Gasteiger partial charge in [-0.25, -0.2) is 0 Å². The molecule has 0 aliphatic carbocycles. The number of halogens is 3. The van der Waals surface area contributed by atoms with Crippen molar-refractivity contribution in [3.63, 3.8) is 0 Å². The molecule has 0 heterocycles. The summed E-state index contributed by atoms with van der Waals surface area (Å²) in [6, 6.07) is 0. The molecule has 0 aromatic carbocycles. The molecule has 1 radical (unpaired) electrons. The molecular weight excluding hydrogens is 208 g/mol. The molecule has 0 saturated heterocycles. The summed E-state index contributed by atoms with van der Waals surface area (Å²) >= 11 is 0. The van der Waals surface area contributed by atoms with Crippen LogP contribution >= 0.6 is 0 Å². The first-order chi connectivity index (χ1) is 3.25. The van der Waals surface area contributed by atoms with E-state index in [9.17, 15) is 13.2 Å². The normalized spacial score (nSPS) is 12.4. The van der Waals surface area contributed by atoms with E-state index in [0.29, 0.717) is 0 Å². The second kappa shape index (κ2) is 2.86. The molecule has 0 aromatic rings. The molecule has 1 N–H and O–H groups in total. The fourth-order valence-corrected chi connectivity index (χ4v) is 0. The summed E-state index contributed by atoms with van der Waals surface area (Å²) in [5.41, 5.74) is -5.53. The standard InChI is InChI=1S/CHF3O3S.Co/c2-1(3,4)8(5,6)7;/h(H,5,6,7);. The van der Waals surface area contributed by atoms with Gasteiger partial charge in [-0.05, 0) is 0 Å². The molecule has 3 nitrogen and oxygen atoms in total. The maximum Gasteiger partial charge on any atom is 0.522 e. The molecule has 0 atom stereocenters. The van der Waals surface area contributed by atoms with Gasteiger partial charge in [-0.3, -0.25) is 4.55 Å². The van der Waals surface area contributed by atoms with Gasteiger partial charge in [0.2, 0.25) is 0 Å². The summed E-state index contributed by atoms with van der Waals surface area (Å²) in [6.45, 7) is 0. The maximum absolute atomic E-state index is 10.7. The zero-order chi connectivity index (χ0) is 7.00. The summed E-state index contributed by atoms with van der Waals surface area (Å²) in [4.78, 5) is 0. The van der Waals surface area contributed by atoms with Crippen molar-refractivity contribution in [2.45, 2.75) is 5.51 Å². The predicted octanol–water partition coefficient (Wildman–Crippen LogP) is 0.392. The summed E-state index contributed by atoms with van der Waals surface area (Å²) in [7, 11) is -5.84. The van der Waals surface area contributed by atoms with Crippen LogP contribution in [0.15, 0.2) is 0 Å². The van der Waals surface area contributed by atoms with E-state index in [0.717, 1.165) is 0 Å². The smallest absolute Gasteiger partial charge is 0.279 e. The second-order valence-electron chi connectivity index (χ2n) is 0.921. The van der Waals surface area contributed by atoms with Gasteiger partial charge >= 0.3 is 15.6 Å². The van der Waals surface area contributed by atoms with Gasteiger partial charge in [0.05, 0.1) is 0 Å². The second-order valence-corrected chi connectivity index (χ2v) is 2.33. The molecule has 0 rings (SSSR count). The van der Waals surface area contributed by atoms with Crippen LogP contribution in [-0.4, -0.2) is 18.5 Å². The Morgan fingerprint density at radius 2 is 1.33 bits per heavy atom. The van der Waals surface area contributed by atoms with E-state index in [2.05, 4.69) is 0 Å². The van der Waals surface area contributed by atoms with Gasteiger partial charge in [-0.2, -0.15) is 21.6 Å². The molecule has 0 aromatic heterocycles. The molecule has 9 heavy (non-hydrogen) atoms. The Balaban J connectivity index is 0. The number of hydrogen-bond acceptors (Lipinski definition) is 2. The van der Waals surface area contributed by atoms with Gasteiger partial charge in [-0.15, -0.1) is 0 Å². The minimum atomic E-state index is -5.84. The van der Waals surface area contributed by atoms with Crippen LogP contribution in [-0.2, 0) is 26.9 Å². The number of alkyl halides is 3. The van der Waals surface area contributed by atoms with Gasteiger partial charge in [0.1, 0.15) is 0 Å². The Labute approximate surface area is 59.2 Å². The van der Waals surface area contributed by atoms with Crippen LogP contribution < -0.4 is 0 Å².